The molecular formula is C28H42LiO4P. The number of ether oxygens (including phenoxy) is 3. The van der Waals surface area contributed by atoms with Crippen LogP contribution in [0.15, 0.2) is 24.3 Å². The van der Waals surface area contributed by atoms with E-state index in [0.29, 0.717) is 31.3 Å². The third kappa shape index (κ3) is 9.30. The third-order valence-corrected chi connectivity index (χ3v) is 6.68. The standard InChI is InChI=1S/C28H41O4P.Li.H/c1-7-10-13-30-23-18-24(31-14-11-8-2)27(25(19-23)32-15-12-9-3)33-28(29)26-21(5)16-20(4)17-22(26)6;;/h16-19,33H,7-15H2,1-6H3;;/q;+1;-1. The van der Waals surface area contributed by atoms with E-state index in [0.717, 1.165) is 66.3 Å². The van der Waals surface area contributed by atoms with Gasteiger partial charge in [-0.15, -0.1) is 0 Å². The van der Waals surface area contributed by atoms with Crippen LogP contribution in [0.5, 0.6) is 17.2 Å². The van der Waals surface area contributed by atoms with Crippen molar-refractivity contribution >= 4 is 19.4 Å². The first-order valence-electron chi connectivity index (χ1n) is 12.4. The fourth-order valence-corrected chi connectivity index (χ4v) is 4.98. The second-order valence-corrected chi connectivity index (χ2v) is 9.83. The Morgan fingerprint density at radius 2 is 1.21 bits per heavy atom. The zero-order chi connectivity index (χ0) is 24.2. The molecule has 0 saturated heterocycles. The molecule has 6 heteroatoms. The monoisotopic (exact) mass is 480 g/mol. The number of benzene rings is 2. The van der Waals surface area contributed by atoms with Crippen LogP contribution < -0.4 is 38.4 Å². The molecule has 2 aromatic carbocycles. The van der Waals surface area contributed by atoms with Crippen LogP contribution >= 0.6 is 8.58 Å². The van der Waals surface area contributed by atoms with Crippen LogP contribution in [0.4, 0.5) is 0 Å². The predicted octanol–water partition coefficient (Wildman–Crippen LogP) is 4.41. The maximum Gasteiger partial charge on any atom is 1.00 e. The van der Waals surface area contributed by atoms with Gasteiger partial charge in [-0.3, -0.25) is 4.79 Å². The Balaban J connectivity index is 0.00000578. The normalized spacial score (nSPS) is 10.9. The molecule has 0 aromatic heterocycles. The smallest absolute Gasteiger partial charge is 1.00 e. The molecule has 0 aliphatic heterocycles. The molecular weight excluding hydrogens is 438 g/mol. The average Bonchev–Trinajstić information content (AvgIpc) is 2.75. The van der Waals surface area contributed by atoms with Gasteiger partial charge in [0, 0.05) is 17.7 Å². The van der Waals surface area contributed by atoms with E-state index in [1.807, 2.05) is 26.0 Å². The van der Waals surface area contributed by atoms with Crippen molar-refractivity contribution < 1.29 is 39.3 Å². The first-order valence-corrected chi connectivity index (χ1v) is 13.4. The summed E-state index contributed by atoms with van der Waals surface area (Å²) in [6, 6.07) is 8.02. The molecule has 0 aliphatic carbocycles. The van der Waals surface area contributed by atoms with Gasteiger partial charge in [0.25, 0.3) is 0 Å². The summed E-state index contributed by atoms with van der Waals surface area (Å²) in [4.78, 5) is 13.5. The molecule has 1 unspecified atom stereocenters. The summed E-state index contributed by atoms with van der Waals surface area (Å²) in [5, 5.41) is 0.842. The molecule has 2 rings (SSSR count). The van der Waals surface area contributed by atoms with Crippen molar-refractivity contribution in [3.63, 3.8) is 0 Å². The van der Waals surface area contributed by atoms with Gasteiger partial charge >= 0.3 is 18.9 Å². The maximum atomic E-state index is 13.5. The minimum atomic E-state index is -0.0789. The summed E-state index contributed by atoms with van der Waals surface area (Å²) in [7, 11) is -0.0789. The van der Waals surface area contributed by atoms with Gasteiger partial charge in [-0.05, 0) is 59.7 Å². The summed E-state index contributed by atoms with van der Waals surface area (Å²) in [6.07, 6.45) is 6.07. The van der Waals surface area contributed by atoms with E-state index in [4.69, 9.17) is 14.2 Å². The second kappa shape index (κ2) is 16.3. The van der Waals surface area contributed by atoms with E-state index < -0.39 is 0 Å². The molecule has 0 saturated carbocycles. The van der Waals surface area contributed by atoms with Gasteiger partial charge in [0.1, 0.15) is 17.2 Å². The van der Waals surface area contributed by atoms with Crippen LogP contribution in [0.2, 0.25) is 0 Å². The summed E-state index contributed by atoms with van der Waals surface area (Å²) >= 11 is 0. The van der Waals surface area contributed by atoms with Crippen molar-refractivity contribution in [1.29, 1.82) is 0 Å². The Morgan fingerprint density at radius 3 is 1.65 bits per heavy atom. The molecule has 0 bridgehead atoms. The molecule has 0 radical (unpaired) electrons. The van der Waals surface area contributed by atoms with E-state index in [1.54, 1.807) is 0 Å². The number of rotatable bonds is 15. The van der Waals surface area contributed by atoms with Crippen LogP contribution in [-0.2, 0) is 0 Å². The summed E-state index contributed by atoms with van der Waals surface area (Å²) < 4.78 is 18.4. The van der Waals surface area contributed by atoms with Crippen molar-refractivity contribution in [2.45, 2.75) is 80.1 Å². The largest absolute Gasteiger partial charge is 1.00 e. The second-order valence-electron chi connectivity index (χ2n) is 8.63. The molecule has 0 amide bonds. The number of unbranched alkanes of at least 4 members (excludes halogenated alkanes) is 3. The van der Waals surface area contributed by atoms with E-state index in [9.17, 15) is 4.79 Å². The molecule has 0 aliphatic rings. The minimum Gasteiger partial charge on any atom is -1.00 e. The van der Waals surface area contributed by atoms with Gasteiger partial charge in [-0.2, -0.15) is 0 Å². The van der Waals surface area contributed by atoms with E-state index in [1.165, 1.54) is 5.56 Å². The average molecular weight is 481 g/mol. The van der Waals surface area contributed by atoms with Gasteiger partial charge in [0.15, 0.2) is 5.52 Å². The number of carbonyl (C=O) groups excluding carboxylic acids is 1. The van der Waals surface area contributed by atoms with Crippen molar-refractivity contribution in [3.05, 3.63) is 46.5 Å². The molecule has 1 atom stereocenters. The van der Waals surface area contributed by atoms with Crippen LogP contribution in [0.25, 0.3) is 0 Å². The maximum absolute atomic E-state index is 13.5. The molecule has 0 fully saturated rings. The van der Waals surface area contributed by atoms with Crippen molar-refractivity contribution in [2.24, 2.45) is 0 Å². The Kier molecular flexibility index (Phi) is 14.6. The first kappa shape index (κ1) is 30.6. The van der Waals surface area contributed by atoms with Gasteiger partial charge in [0.05, 0.1) is 25.1 Å². The summed E-state index contributed by atoms with van der Waals surface area (Å²) in [5.74, 6) is 2.15. The minimum absolute atomic E-state index is 0. The van der Waals surface area contributed by atoms with E-state index in [2.05, 4.69) is 39.8 Å². The summed E-state index contributed by atoms with van der Waals surface area (Å²) in [5.41, 5.74) is 4.13. The molecule has 0 spiro atoms. The van der Waals surface area contributed by atoms with E-state index >= 15 is 0 Å². The fourth-order valence-electron chi connectivity index (χ4n) is 3.70. The number of aryl methyl sites for hydroxylation is 3. The van der Waals surface area contributed by atoms with Gasteiger partial charge < -0.3 is 15.6 Å². The van der Waals surface area contributed by atoms with Crippen LogP contribution in [0.1, 0.15) is 87.8 Å². The molecule has 0 N–H and O–H groups in total. The number of hydrogen-bond acceptors (Lipinski definition) is 4. The zero-order valence-electron chi connectivity index (χ0n) is 23.3. The zero-order valence-corrected chi connectivity index (χ0v) is 23.3. The quantitative estimate of drug-likeness (QED) is 0.215. The van der Waals surface area contributed by atoms with Crippen LogP contribution in [0, 0.1) is 20.8 Å². The third-order valence-electron chi connectivity index (χ3n) is 5.46. The Labute approximate surface area is 222 Å². The molecule has 2 aromatic rings. The Bertz CT molecular complexity index is 866. The molecule has 34 heavy (non-hydrogen) atoms. The topological polar surface area (TPSA) is 44.8 Å². The summed E-state index contributed by atoms with van der Waals surface area (Å²) in [6.45, 7) is 14.4. The number of hydrogen-bond donors (Lipinski definition) is 0. The fraction of sp³-hybridized carbons (Fsp3) is 0.536. The van der Waals surface area contributed by atoms with Gasteiger partial charge in [0.2, 0.25) is 0 Å². The van der Waals surface area contributed by atoms with Gasteiger partial charge in [-0.25, -0.2) is 0 Å². The van der Waals surface area contributed by atoms with Crippen molar-refractivity contribution in [2.75, 3.05) is 19.8 Å². The van der Waals surface area contributed by atoms with Gasteiger partial charge in [-0.1, -0.05) is 57.7 Å². The first-order chi connectivity index (χ1) is 15.9. The molecule has 4 nitrogen and oxygen atoms in total. The predicted molar refractivity (Wildman–Crippen MR) is 142 cm³/mol. The van der Waals surface area contributed by atoms with Crippen molar-refractivity contribution in [3.8, 4) is 17.2 Å². The van der Waals surface area contributed by atoms with E-state index in [-0.39, 0.29) is 34.4 Å². The SMILES string of the molecule is CCCCOc1cc(OCCCC)c(PC(=O)c2c(C)cc(C)cc2C)c(OCCCC)c1.[H-].[Li+]. The number of carbonyl (C=O) groups is 1. The van der Waals surface area contributed by atoms with Crippen molar-refractivity contribution in [1.82, 2.24) is 0 Å². The Morgan fingerprint density at radius 1 is 0.765 bits per heavy atom. The van der Waals surface area contributed by atoms with Crippen LogP contribution in [-0.4, -0.2) is 25.3 Å². The molecule has 184 valence electrons. The van der Waals surface area contributed by atoms with Crippen LogP contribution in [0.3, 0.4) is 0 Å². The molecule has 0 heterocycles. The Hall–Kier alpha value is -1.46.